The fourth-order valence-electron chi connectivity index (χ4n) is 2.40. The van der Waals surface area contributed by atoms with E-state index in [1.807, 2.05) is 12.1 Å². The van der Waals surface area contributed by atoms with Crippen LogP contribution in [-0.4, -0.2) is 25.3 Å². The van der Waals surface area contributed by atoms with Gasteiger partial charge in [0.05, 0.1) is 12.2 Å². The van der Waals surface area contributed by atoms with E-state index in [9.17, 15) is 4.79 Å². The van der Waals surface area contributed by atoms with Gasteiger partial charge in [-0.25, -0.2) is 14.6 Å². The minimum atomic E-state index is -0.153. The van der Waals surface area contributed by atoms with Gasteiger partial charge in [-0.3, -0.25) is 4.79 Å². The molecule has 3 rings (SSSR count). The molecular weight excluding hydrogens is 366 g/mol. The van der Waals surface area contributed by atoms with Crippen molar-refractivity contribution in [3.8, 4) is 17.3 Å². The molecule has 6 nitrogen and oxygen atoms in total. The predicted molar refractivity (Wildman–Crippen MR) is 108 cm³/mol. The highest BCUT2D eigenvalue weighted by Crippen LogP contribution is 2.18. The number of ether oxygens (including phenoxy) is 1. The van der Waals surface area contributed by atoms with Gasteiger partial charge in [-0.15, -0.1) is 0 Å². The number of aromatic nitrogens is 4. The Hall–Kier alpha value is -2.16. The first-order valence-corrected chi connectivity index (χ1v) is 9.54. The van der Waals surface area contributed by atoms with Crippen molar-refractivity contribution in [3.63, 3.8) is 0 Å². The monoisotopic (exact) mass is 386 g/mol. The molecule has 0 amide bonds. The van der Waals surface area contributed by atoms with Crippen LogP contribution in [0.3, 0.4) is 0 Å². The molecular formula is C18H20N4O2P2. The molecule has 3 aromatic rings. The first kappa shape index (κ1) is 18.6. The Labute approximate surface area is 156 Å². The Balaban J connectivity index is 1.83. The maximum Gasteiger partial charge on any atom is 0.317 e. The zero-order valence-corrected chi connectivity index (χ0v) is 16.7. The van der Waals surface area contributed by atoms with Gasteiger partial charge in [0, 0.05) is 24.0 Å². The smallest absolute Gasteiger partial charge is 0.317 e. The molecule has 0 N–H and O–H groups in total. The number of nitrogens with zero attached hydrogens (tertiary/aromatic N) is 4. The largest absolute Gasteiger partial charge is 0.452 e. The van der Waals surface area contributed by atoms with Gasteiger partial charge in [0.2, 0.25) is 0 Å². The number of hydrogen-bond donors (Lipinski definition) is 0. The first-order chi connectivity index (χ1) is 12.5. The van der Waals surface area contributed by atoms with Crippen LogP contribution in [0.2, 0.25) is 0 Å². The van der Waals surface area contributed by atoms with Gasteiger partial charge in [-0.05, 0) is 23.6 Å². The quantitative estimate of drug-likeness (QED) is 0.610. The minimum absolute atomic E-state index is 0.150. The van der Waals surface area contributed by atoms with Crippen LogP contribution in [0.4, 0.5) is 0 Å². The molecule has 2 aromatic heterocycles. The van der Waals surface area contributed by atoms with Crippen molar-refractivity contribution >= 4 is 18.5 Å². The molecule has 0 aliphatic carbocycles. The van der Waals surface area contributed by atoms with Gasteiger partial charge in [0.25, 0.3) is 5.56 Å². The lowest BCUT2D eigenvalue weighted by Gasteiger charge is -2.09. The zero-order chi connectivity index (χ0) is 18.5. The van der Waals surface area contributed by atoms with Crippen LogP contribution in [0.25, 0.3) is 11.3 Å². The second-order valence-corrected chi connectivity index (χ2v) is 7.81. The molecule has 0 saturated heterocycles. The van der Waals surface area contributed by atoms with E-state index in [1.165, 1.54) is 16.3 Å². The van der Waals surface area contributed by atoms with Crippen LogP contribution in [0, 0.1) is 0 Å². The molecule has 0 aliphatic rings. The summed E-state index contributed by atoms with van der Waals surface area (Å²) in [5.74, 6) is 0. The zero-order valence-electron chi connectivity index (χ0n) is 14.4. The van der Waals surface area contributed by atoms with Crippen molar-refractivity contribution in [2.45, 2.75) is 25.5 Å². The van der Waals surface area contributed by atoms with E-state index < -0.39 is 0 Å². The molecule has 134 valence electrons. The van der Waals surface area contributed by atoms with Crippen LogP contribution >= 0.6 is 18.5 Å². The molecule has 0 saturated carbocycles. The van der Waals surface area contributed by atoms with Gasteiger partial charge in [-0.2, -0.15) is 5.10 Å². The van der Waals surface area contributed by atoms with Crippen LogP contribution in [0.5, 0.6) is 6.01 Å². The molecule has 1 aromatic carbocycles. The van der Waals surface area contributed by atoms with Gasteiger partial charge >= 0.3 is 6.01 Å². The molecule has 0 spiro atoms. The van der Waals surface area contributed by atoms with Crippen LogP contribution in [0.1, 0.15) is 18.1 Å². The van der Waals surface area contributed by atoms with E-state index in [1.54, 1.807) is 18.5 Å². The van der Waals surface area contributed by atoms with Crippen LogP contribution < -0.4 is 10.3 Å². The number of benzene rings is 1. The third-order valence-electron chi connectivity index (χ3n) is 3.80. The highest BCUT2D eigenvalue weighted by atomic mass is 31.1. The SMILES string of the molecule is CCc1ccc(Cn2nc(-c3cnc(OC(P)P)nc3)ccc2=O)cc1. The fourth-order valence-corrected chi connectivity index (χ4v) is 2.64. The Kier molecular flexibility index (Phi) is 6.08. The average molecular weight is 386 g/mol. The van der Waals surface area contributed by atoms with Crippen LogP contribution in [-0.2, 0) is 13.0 Å². The first-order valence-electron chi connectivity index (χ1n) is 8.21. The Morgan fingerprint density at radius 3 is 2.31 bits per heavy atom. The Morgan fingerprint density at radius 1 is 1.04 bits per heavy atom. The Bertz CT molecular complexity index is 925. The highest BCUT2D eigenvalue weighted by Gasteiger charge is 2.07. The number of rotatable bonds is 6. The van der Waals surface area contributed by atoms with E-state index >= 15 is 0 Å². The van der Waals surface area contributed by atoms with E-state index in [-0.39, 0.29) is 17.2 Å². The van der Waals surface area contributed by atoms with Gasteiger partial charge in [-0.1, -0.05) is 49.7 Å². The maximum absolute atomic E-state index is 12.2. The molecule has 8 heteroatoms. The lowest BCUT2D eigenvalue weighted by molar-refractivity contribution is 0.334. The summed E-state index contributed by atoms with van der Waals surface area (Å²) >= 11 is 0. The van der Waals surface area contributed by atoms with Crippen molar-refractivity contribution < 1.29 is 4.74 Å². The number of hydrogen-bond acceptors (Lipinski definition) is 5. The summed E-state index contributed by atoms with van der Waals surface area (Å²) in [6.45, 7) is 2.53. The van der Waals surface area contributed by atoms with E-state index in [2.05, 4.69) is 52.6 Å². The van der Waals surface area contributed by atoms with Crippen molar-refractivity contribution in [2.24, 2.45) is 0 Å². The molecule has 26 heavy (non-hydrogen) atoms. The van der Waals surface area contributed by atoms with E-state index in [0.717, 1.165) is 17.5 Å². The summed E-state index contributed by atoms with van der Waals surface area (Å²) in [6, 6.07) is 11.7. The second-order valence-electron chi connectivity index (χ2n) is 5.72. The minimum Gasteiger partial charge on any atom is -0.452 e. The van der Waals surface area contributed by atoms with Gasteiger partial charge in [0.1, 0.15) is 5.59 Å². The van der Waals surface area contributed by atoms with Gasteiger partial charge in [0.15, 0.2) is 0 Å². The summed E-state index contributed by atoms with van der Waals surface area (Å²) in [5.41, 5.74) is 3.34. The molecule has 0 radical (unpaired) electrons. The van der Waals surface area contributed by atoms with E-state index in [0.29, 0.717) is 12.2 Å². The summed E-state index contributed by atoms with van der Waals surface area (Å²) in [5, 5.41) is 4.45. The summed E-state index contributed by atoms with van der Waals surface area (Å²) in [7, 11) is 4.97. The lowest BCUT2D eigenvalue weighted by Crippen LogP contribution is -2.22. The van der Waals surface area contributed by atoms with Gasteiger partial charge < -0.3 is 4.74 Å². The fraction of sp³-hybridized carbons (Fsp3) is 0.222. The molecule has 2 heterocycles. The van der Waals surface area contributed by atoms with Crippen molar-refractivity contribution in [2.75, 3.05) is 0 Å². The Morgan fingerprint density at radius 2 is 1.69 bits per heavy atom. The molecule has 2 unspecified atom stereocenters. The maximum atomic E-state index is 12.2. The third-order valence-corrected chi connectivity index (χ3v) is 4.07. The third kappa shape index (κ3) is 4.72. The predicted octanol–water partition coefficient (Wildman–Crippen LogP) is 2.72. The highest BCUT2D eigenvalue weighted by molar-refractivity contribution is 7.37. The normalized spacial score (nSPS) is 10.9. The molecule has 2 atom stereocenters. The van der Waals surface area contributed by atoms with Crippen molar-refractivity contribution in [3.05, 3.63) is 70.3 Å². The topological polar surface area (TPSA) is 69.9 Å². The van der Waals surface area contributed by atoms with Crippen LogP contribution in [0.15, 0.2) is 53.6 Å². The molecule has 0 aliphatic heterocycles. The summed E-state index contributed by atoms with van der Waals surface area (Å²) in [4.78, 5) is 20.5. The van der Waals surface area contributed by atoms with E-state index in [4.69, 9.17) is 4.74 Å². The average Bonchev–Trinajstić information content (AvgIpc) is 2.64. The standard InChI is InChI=1S/C18H20N4O2P2/c1-2-12-3-5-13(6-4-12)11-22-16(23)8-7-15(21-22)14-9-19-17(20-10-14)24-18(25)26/h3-10,18H,2,11,25-26H2,1H3. The lowest BCUT2D eigenvalue weighted by atomic mass is 10.1. The molecule has 0 bridgehead atoms. The summed E-state index contributed by atoms with van der Waals surface area (Å²) in [6.07, 6.45) is 4.25. The van der Waals surface area contributed by atoms with Crippen molar-refractivity contribution in [1.82, 2.24) is 19.7 Å². The van der Waals surface area contributed by atoms with Crippen molar-refractivity contribution in [1.29, 1.82) is 0 Å². The second kappa shape index (κ2) is 8.48. The summed E-state index contributed by atoms with van der Waals surface area (Å²) < 4.78 is 6.82. The molecule has 0 fully saturated rings. The number of aryl methyl sites for hydroxylation is 1.